The van der Waals surface area contributed by atoms with E-state index in [-0.39, 0.29) is 0 Å². The Labute approximate surface area is 135 Å². The quantitative estimate of drug-likeness (QED) is 0.509. The van der Waals surface area contributed by atoms with E-state index in [1.54, 1.807) is 0 Å². The first kappa shape index (κ1) is 13.8. The molecule has 23 heavy (non-hydrogen) atoms. The zero-order chi connectivity index (χ0) is 16.0. The molecule has 2 heterocycles. The third kappa shape index (κ3) is 2.44. The molecule has 0 unspecified atom stereocenters. The summed E-state index contributed by atoms with van der Waals surface area (Å²) >= 11 is 0. The first-order chi connectivity index (χ1) is 11.1. The third-order valence-corrected chi connectivity index (χ3v) is 4.03. The van der Waals surface area contributed by atoms with E-state index >= 15 is 0 Å². The van der Waals surface area contributed by atoms with Crippen molar-refractivity contribution in [2.24, 2.45) is 0 Å². The number of aryl methyl sites for hydroxylation is 3. The molecule has 4 rings (SSSR count). The van der Waals surface area contributed by atoms with Crippen molar-refractivity contribution in [2.45, 2.75) is 20.8 Å². The fourth-order valence-electron chi connectivity index (χ4n) is 3.06. The van der Waals surface area contributed by atoms with Crippen molar-refractivity contribution in [3.8, 4) is 17.1 Å². The van der Waals surface area contributed by atoms with Gasteiger partial charge in [-0.25, -0.2) is 4.98 Å². The van der Waals surface area contributed by atoms with Gasteiger partial charge in [-0.05, 0) is 62.7 Å². The van der Waals surface area contributed by atoms with Gasteiger partial charge in [0.1, 0.15) is 5.52 Å². The van der Waals surface area contributed by atoms with Crippen LogP contribution in [0.5, 0.6) is 0 Å². The Kier molecular flexibility index (Phi) is 3.08. The average Bonchev–Trinajstić information content (AvgIpc) is 3.15. The molecular formula is C20H18N2O. The molecule has 0 saturated carbocycles. The summed E-state index contributed by atoms with van der Waals surface area (Å²) in [6.45, 7) is 6.24. The topological polar surface area (TPSA) is 31.0 Å². The predicted molar refractivity (Wildman–Crippen MR) is 93.0 cm³/mol. The maximum absolute atomic E-state index is 6.05. The number of hydrogen-bond acceptors (Lipinski definition) is 2. The minimum absolute atomic E-state index is 0.680. The molecule has 3 heteroatoms. The molecule has 2 aromatic heterocycles. The van der Waals surface area contributed by atoms with E-state index in [1.807, 2.05) is 24.5 Å². The molecule has 0 N–H and O–H groups in total. The van der Waals surface area contributed by atoms with Crippen LogP contribution in [0, 0.1) is 20.8 Å². The number of hydrogen-bond donors (Lipinski definition) is 0. The largest absolute Gasteiger partial charge is 0.436 e. The van der Waals surface area contributed by atoms with E-state index in [1.165, 1.54) is 11.1 Å². The van der Waals surface area contributed by atoms with Crippen LogP contribution in [0.1, 0.15) is 16.7 Å². The van der Waals surface area contributed by atoms with Gasteiger partial charge in [0.05, 0.1) is 0 Å². The van der Waals surface area contributed by atoms with Gasteiger partial charge in [-0.1, -0.05) is 17.2 Å². The molecule has 2 aromatic carbocycles. The van der Waals surface area contributed by atoms with E-state index in [2.05, 4.69) is 55.7 Å². The van der Waals surface area contributed by atoms with Crippen molar-refractivity contribution >= 4 is 11.1 Å². The van der Waals surface area contributed by atoms with Crippen LogP contribution in [0.4, 0.5) is 0 Å². The van der Waals surface area contributed by atoms with Crippen molar-refractivity contribution in [3.05, 3.63) is 71.5 Å². The van der Waals surface area contributed by atoms with Crippen molar-refractivity contribution in [2.75, 3.05) is 0 Å². The molecule has 0 aliphatic heterocycles. The smallest absolute Gasteiger partial charge is 0.227 e. The lowest BCUT2D eigenvalue weighted by molar-refractivity contribution is 0.617. The second-order valence-corrected chi connectivity index (χ2v) is 6.10. The lowest BCUT2D eigenvalue weighted by Crippen LogP contribution is -1.90. The molecule has 0 aliphatic carbocycles. The van der Waals surface area contributed by atoms with Gasteiger partial charge in [-0.3, -0.25) is 0 Å². The van der Waals surface area contributed by atoms with Gasteiger partial charge in [-0.15, -0.1) is 0 Å². The molecule has 0 aliphatic rings. The summed E-state index contributed by atoms with van der Waals surface area (Å²) in [7, 11) is 0. The second-order valence-electron chi connectivity index (χ2n) is 6.10. The van der Waals surface area contributed by atoms with Gasteiger partial charge in [0, 0.05) is 23.6 Å². The number of benzene rings is 2. The number of oxazole rings is 1. The Morgan fingerprint density at radius 1 is 0.870 bits per heavy atom. The maximum Gasteiger partial charge on any atom is 0.227 e. The van der Waals surface area contributed by atoms with Crippen molar-refractivity contribution in [1.82, 2.24) is 9.55 Å². The van der Waals surface area contributed by atoms with Crippen LogP contribution in [0.15, 0.2) is 59.3 Å². The highest BCUT2D eigenvalue weighted by Crippen LogP contribution is 2.29. The Balaban J connectivity index is 1.89. The zero-order valence-corrected chi connectivity index (χ0v) is 13.5. The summed E-state index contributed by atoms with van der Waals surface area (Å²) in [5.74, 6) is 0.680. The zero-order valence-electron chi connectivity index (χ0n) is 13.5. The van der Waals surface area contributed by atoms with Crippen LogP contribution in [0.25, 0.3) is 28.2 Å². The molecule has 4 aromatic rings. The Bertz CT molecular complexity index is 974. The highest BCUT2D eigenvalue weighted by molar-refractivity contribution is 5.81. The van der Waals surface area contributed by atoms with Gasteiger partial charge < -0.3 is 8.98 Å². The van der Waals surface area contributed by atoms with E-state index in [4.69, 9.17) is 9.40 Å². The van der Waals surface area contributed by atoms with Gasteiger partial charge in [0.15, 0.2) is 5.58 Å². The third-order valence-electron chi connectivity index (χ3n) is 4.03. The van der Waals surface area contributed by atoms with Crippen LogP contribution in [-0.2, 0) is 0 Å². The first-order valence-corrected chi connectivity index (χ1v) is 7.73. The molecule has 0 saturated heterocycles. The number of fused-ring (bicyclic) bond motifs is 1. The Morgan fingerprint density at radius 2 is 1.57 bits per heavy atom. The SMILES string of the molecule is Cc1cc(C)cc(-c2nc3cc(-n4cccc4)cc(C)c3o2)c1. The fourth-order valence-corrected chi connectivity index (χ4v) is 3.06. The fraction of sp³-hybridized carbons (Fsp3) is 0.150. The summed E-state index contributed by atoms with van der Waals surface area (Å²) in [5, 5.41) is 0. The molecule has 0 fully saturated rings. The van der Waals surface area contributed by atoms with Crippen molar-refractivity contribution < 1.29 is 4.42 Å². The summed E-state index contributed by atoms with van der Waals surface area (Å²) in [5.41, 5.74) is 7.40. The van der Waals surface area contributed by atoms with Crippen LogP contribution >= 0.6 is 0 Å². The summed E-state index contributed by atoms with van der Waals surface area (Å²) in [6.07, 6.45) is 4.07. The van der Waals surface area contributed by atoms with Gasteiger partial charge >= 0.3 is 0 Å². The normalized spacial score (nSPS) is 11.3. The maximum atomic E-state index is 6.05. The molecule has 114 valence electrons. The molecule has 0 spiro atoms. The average molecular weight is 302 g/mol. The summed E-state index contributed by atoms with van der Waals surface area (Å²) in [6, 6.07) is 14.6. The Morgan fingerprint density at radius 3 is 2.26 bits per heavy atom. The van der Waals surface area contributed by atoms with E-state index in [0.29, 0.717) is 5.89 Å². The predicted octanol–water partition coefficient (Wildman–Crippen LogP) is 5.21. The van der Waals surface area contributed by atoms with Gasteiger partial charge in [0.2, 0.25) is 5.89 Å². The highest BCUT2D eigenvalue weighted by Gasteiger charge is 2.12. The molecule has 3 nitrogen and oxygen atoms in total. The van der Waals surface area contributed by atoms with Crippen LogP contribution in [0.3, 0.4) is 0 Å². The number of rotatable bonds is 2. The lowest BCUT2D eigenvalue weighted by Gasteiger charge is -2.03. The number of aromatic nitrogens is 2. The van der Waals surface area contributed by atoms with Crippen LogP contribution in [0.2, 0.25) is 0 Å². The molecular weight excluding hydrogens is 284 g/mol. The van der Waals surface area contributed by atoms with Crippen molar-refractivity contribution in [3.63, 3.8) is 0 Å². The Hall–Kier alpha value is -2.81. The second kappa shape index (κ2) is 5.13. The highest BCUT2D eigenvalue weighted by atomic mass is 16.3. The molecule has 0 amide bonds. The summed E-state index contributed by atoms with van der Waals surface area (Å²) < 4.78 is 8.13. The van der Waals surface area contributed by atoms with E-state index in [0.717, 1.165) is 27.9 Å². The molecule has 0 bridgehead atoms. The van der Waals surface area contributed by atoms with Crippen LogP contribution in [-0.4, -0.2) is 9.55 Å². The summed E-state index contributed by atoms with van der Waals surface area (Å²) in [4.78, 5) is 4.72. The monoisotopic (exact) mass is 302 g/mol. The van der Waals surface area contributed by atoms with Crippen LogP contribution < -0.4 is 0 Å². The molecule has 0 atom stereocenters. The first-order valence-electron chi connectivity index (χ1n) is 7.73. The standard InChI is InChI=1S/C20H18N2O/c1-13-8-14(2)10-16(9-13)20-21-18-12-17(22-6-4-5-7-22)11-15(3)19(18)23-20/h4-12H,1-3H3. The minimum Gasteiger partial charge on any atom is -0.436 e. The lowest BCUT2D eigenvalue weighted by atomic mass is 10.1. The number of nitrogens with zero attached hydrogens (tertiary/aromatic N) is 2. The van der Waals surface area contributed by atoms with E-state index < -0.39 is 0 Å². The van der Waals surface area contributed by atoms with E-state index in [9.17, 15) is 0 Å². The molecule has 0 radical (unpaired) electrons. The van der Waals surface area contributed by atoms with Crippen molar-refractivity contribution in [1.29, 1.82) is 0 Å². The van der Waals surface area contributed by atoms with Gasteiger partial charge in [0.25, 0.3) is 0 Å². The van der Waals surface area contributed by atoms with Gasteiger partial charge in [-0.2, -0.15) is 0 Å². The minimum atomic E-state index is 0.680.